The molecule has 0 radical (unpaired) electrons. The molecule has 4 rings (SSSR count). The van der Waals surface area contributed by atoms with Gasteiger partial charge < -0.3 is 5.32 Å². The molecule has 150 valence electrons. The van der Waals surface area contributed by atoms with Gasteiger partial charge in [0.25, 0.3) is 10.0 Å². The number of sulfonamides is 1. The van der Waals surface area contributed by atoms with Crippen molar-refractivity contribution in [2.45, 2.75) is 4.90 Å². The first-order valence-electron chi connectivity index (χ1n) is 9.02. The van der Waals surface area contributed by atoms with Crippen molar-refractivity contribution in [1.29, 1.82) is 0 Å². The van der Waals surface area contributed by atoms with Gasteiger partial charge in [0.2, 0.25) is 0 Å². The Labute approximate surface area is 179 Å². The van der Waals surface area contributed by atoms with Crippen LogP contribution in [-0.2, 0) is 10.0 Å². The highest BCUT2D eigenvalue weighted by Crippen LogP contribution is 2.23. The Balaban J connectivity index is 1.47. The number of aromatic nitrogens is 2. The van der Waals surface area contributed by atoms with Crippen LogP contribution in [-0.4, -0.2) is 18.4 Å². The van der Waals surface area contributed by atoms with E-state index in [1.165, 1.54) is 30.6 Å². The molecule has 8 heteroatoms. The molecule has 0 spiro atoms. The molecule has 0 aliphatic rings. The minimum Gasteiger partial charge on any atom is -0.340 e. The summed E-state index contributed by atoms with van der Waals surface area (Å²) in [6, 6.07) is 24.5. The average Bonchev–Trinajstić information content (AvgIpc) is 2.76. The largest absolute Gasteiger partial charge is 0.340 e. The zero-order valence-corrected chi connectivity index (χ0v) is 17.2. The van der Waals surface area contributed by atoms with Crippen molar-refractivity contribution >= 4 is 38.8 Å². The van der Waals surface area contributed by atoms with Crippen molar-refractivity contribution in [3.8, 4) is 11.3 Å². The highest BCUT2D eigenvalue weighted by molar-refractivity contribution is 7.92. The molecule has 1 aromatic heterocycles. The van der Waals surface area contributed by atoms with E-state index in [1.54, 1.807) is 24.3 Å². The summed E-state index contributed by atoms with van der Waals surface area (Å²) in [5.74, 6) is 0.637. The summed E-state index contributed by atoms with van der Waals surface area (Å²) in [5.41, 5.74) is 3.01. The van der Waals surface area contributed by atoms with Crippen molar-refractivity contribution in [2.75, 3.05) is 10.0 Å². The van der Waals surface area contributed by atoms with Crippen LogP contribution in [0.3, 0.4) is 0 Å². The molecule has 1 heterocycles. The molecule has 0 saturated carbocycles. The summed E-state index contributed by atoms with van der Waals surface area (Å²) >= 11 is 5.82. The van der Waals surface area contributed by atoms with Crippen molar-refractivity contribution in [1.82, 2.24) is 9.97 Å². The Kier molecular flexibility index (Phi) is 5.65. The minimum atomic E-state index is -3.69. The summed E-state index contributed by atoms with van der Waals surface area (Å²) < 4.78 is 27.5. The van der Waals surface area contributed by atoms with E-state index in [2.05, 4.69) is 20.0 Å². The Morgan fingerprint density at radius 1 is 0.767 bits per heavy atom. The van der Waals surface area contributed by atoms with Gasteiger partial charge in [-0.1, -0.05) is 41.9 Å². The zero-order valence-electron chi connectivity index (χ0n) is 15.7. The second kappa shape index (κ2) is 8.52. The summed E-state index contributed by atoms with van der Waals surface area (Å²) in [6.07, 6.45) is 1.50. The van der Waals surface area contributed by atoms with Crippen LogP contribution in [0.15, 0.2) is 96.2 Å². The molecular formula is C22H17ClN4O2S. The fraction of sp³-hybridized carbons (Fsp3) is 0. The van der Waals surface area contributed by atoms with Crippen LogP contribution in [0.4, 0.5) is 17.2 Å². The first kappa shape index (κ1) is 19.9. The predicted molar refractivity (Wildman–Crippen MR) is 119 cm³/mol. The van der Waals surface area contributed by atoms with Crippen LogP contribution in [0.2, 0.25) is 5.02 Å². The second-order valence-electron chi connectivity index (χ2n) is 6.42. The molecule has 3 aromatic carbocycles. The van der Waals surface area contributed by atoms with E-state index in [1.807, 2.05) is 36.4 Å². The molecule has 0 atom stereocenters. The molecule has 0 saturated heterocycles. The number of nitrogens with zero attached hydrogens (tertiary/aromatic N) is 2. The maximum absolute atomic E-state index is 12.5. The number of hydrogen-bond donors (Lipinski definition) is 2. The van der Waals surface area contributed by atoms with Gasteiger partial charge in [-0.25, -0.2) is 18.4 Å². The molecule has 0 unspecified atom stereocenters. The van der Waals surface area contributed by atoms with Gasteiger partial charge in [0.1, 0.15) is 12.1 Å². The molecule has 0 aliphatic carbocycles. The summed E-state index contributed by atoms with van der Waals surface area (Å²) in [5, 5.41) is 3.68. The van der Waals surface area contributed by atoms with E-state index in [4.69, 9.17) is 11.6 Å². The molecular weight excluding hydrogens is 420 g/mol. The van der Waals surface area contributed by atoms with Gasteiger partial charge in [-0.15, -0.1) is 0 Å². The van der Waals surface area contributed by atoms with Gasteiger partial charge in [-0.3, -0.25) is 4.72 Å². The first-order valence-corrected chi connectivity index (χ1v) is 10.9. The lowest BCUT2D eigenvalue weighted by Crippen LogP contribution is -2.12. The molecule has 30 heavy (non-hydrogen) atoms. The Bertz CT molecular complexity index is 1250. The van der Waals surface area contributed by atoms with Crippen molar-refractivity contribution in [2.24, 2.45) is 0 Å². The van der Waals surface area contributed by atoms with Crippen molar-refractivity contribution in [3.63, 3.8) is 0 Å². The van der Waals surface area contributed by atoms with E-state index >= 15 is 0 Å². The van der Waals surface area contributed by atoms with Crippen molar-refractivity contribution < 1.29 is 8.42 Å². The maximum Gasteiger partial charge on any atom is 0.261 e. The van der Waals surface area contributed by atoms with Crippen LogP contribution >= 0.6 is 11.6 Å². The van der Waals surface area contributed by atoms with E-state index in [0.29, 0.717) is 16.5 Å². The predicted octanol–water partition coefficient (Wildman–Crippen LogP) is 5.34. The molecule has 0 amide bonds. The zero-order chi connectivity index (χ0) is 21.0. The molecule has 2 N–H and O–H groups in total. The van der Waals surface area contributed by atoms with Gasteiger partial charge in [-0.2, -0.15) is 0 Å². The monoisotopic (exact) mass is 436 g/mol. The minimum absolute atomic E-state index is 0.142. The van der Waals surface area contributed by atoms with E-state index in [0.717, 1.165) is 16.9 Å². The van der Waals surface area contributed by atoms with Crippen molar-refractivity contribution in [3.05, 3.63) is 96.3 Å². The quantitative estimate of drug-likeness (QED) is 0.426. The number of rotatable bonds is 6. The van der Waals surface area contributed by atoms with Crippen LogP contribution < -0.4 is 10.0 Å². The molecule has 0 bridgehead atoms. The topological polar surface area (TPSA) is 84.0 Å². The highest BCUT2D eigenvalue weighted by atomic mass is 35.5. The Morgan fingerprint density at radius 2 is 1.43 bits per heavy atom. The van der Waals surface area contributed by atoms with E-state index in [-0.39, 0.29) is 4.90 Å². The summed E-state index contributed by atoms with van der Waals surface area (Å²) in [6.45, 7) is 0. The third-order valence-corrected chi connectivity index (χ3v) is 5.92. The lowest BCUT2D eigenvalue weighted by molar-refractivity contribution is 0.601. The average molecular weight is 437 g/mol. The number of halogens is 1. The highest BCUT2D eigenvalue weighted by Gasteiger charge is 2.14. The number of anilines is 3. The van der Waals surface area contributed by atoms with Gasteiger partial charge in [0.05, 0.1) is 10.6 Å². The number of benzene rings is 3. The maximum atomic E-state index is 12.5. The van der Waals surface area contributed by atoms with Gasteiger partial charge in [-0.05, 0) is 48.5 Å². The third kappa shape index (κ3) is 4.76. The summed E-state index contributed by atoms with van der Waals surface area (Å²) in [4.78, 5) is 8.69. The molecule has 6 nitrogen and oxygen atoms in total. The fourth-order valence-electron chi connectivity index (χ4n) is 2.79. The first-order chi connectivity index (χ1) is 14.5. The van der Waals surface area contributed by atoms with E-state index < -0.39 is 10.0 Å². The van der Waals surface area contributed by atoms with Gasteiger partial charge >= 0.3 is 0 Å². The Morgan fingerprint density at radius 3 is 2.13 bits per heavy atom. The second-order valence-corrected chi connectivity index (χ2v) is 8.54. The van der Waals surface area contributed by atoms with Gasteiger partial charge in [0.15, 0.2) is 0 Å². The van der Waals surface area contributed by atoms with Crippen LogP contribution in [0.25, 0.3) is 11.3 Å². The van der Waals surface area contributed by atoms with E-state index in [9.17, 15) is 8.42 Å². The fourth-order valence-corrected chi connectivity index (χ4v) is 3.97. The normalized spacial score (nSPS) is 11.1. The number of nitrogens with one attached hydrogen (secondary N) is 2. The number of hydrogen-bond acceptors (Lipinski definition) is 5. The van der Waals surface area contributed by atoms with Crippen LogP contribution in [0.5, 0.6) is 0 Å². The SMILES string of the molecule is O=S(=O)(Nc1ccc(Nc2cc(-c3ccccc3)ncn2)cc1)c1ccc(Cl)cc1. The lowest BCUT2D eigenvalue weighted by atomic mass is 10.1. The lowest BCUT2D eigenvalue weighted by Gasteiger charge is -2.10. The summed E-state index contributed by atoms with van der Waals surface area (Å²) in [7, 11) is -3.69. The third-order valence-electron chi connectivity index (χ3n) is 4.27. The Hall–Kier alpha value is -3.42. The standard InChI is InChI=1S/C22H17ClN4O2S/c23-17-6-12-20(13-7-17)30(28,29)27-19-10-8-18(9-11-19)26-22-14-21(24-15-25-22)16-4-2-1-3-5-16/h1-15,27H,(H,24,25,26). The van der Waals surface area contributed by atoms with Crippen LogP contribution in [0, 0.1) is 0 Å². The molecule has 0 fully saturated rings. The smallest absolute Gasteiger partial charge is 0.261 e. The van der Waals surface area contributed by atoms with Crippen LogP contribution in [0.1, 0.15) is 0 Å². The van der Waals surface area contributed by atoms with Gasteiger partial charge in [0, 0.05) is 28.0 Å². The molecule has 0 aliphatic heterocycles. The molecule has 4 aromatic rings.